The highest BCUT2D eigenvalue weighted by atomic mass is 14.8. The maximum atomic E-state index is 3.25. The molecule has 0 amide bonds. The minimum Gasteiger partial charge on any atom is -0.317 e. The summed E-state index contributed by atoms with van der Waals surface area (Å²) in [4.78, 5) is 0. The largest absolute Gasteiger partial charge is 0.317 e. The van der Waals surface area contributed by atoms with Crippen molar-refractivity contribution in [3.8, 4) is 0 Å². The lowest BCUT2D eigenvalue weighted by atomic mass is 9.92. The molecule has 10 heavy (non-hydrogen) atoms. The Morgan fingerprint density at radius 1 is 1.10 bits per heavy atom. The topological polar surface area (TPSA) is 12.0 Å². The first kappa shape index (κ1) is 9.96. The van der Waals surface area contributed by atoms with Crippen molar-refractivity contribution in [1.29, 1.82) is 0 Å². The van der Waals surface area contributed by atoms with Crippen molar-refractivity contribution in [3.05, 3.63) is 0 Å². The average Bonchev–Trinajstić information content (AvgIpc) is 1.87. The summed E-state index contributed by atoms with van der Waals surface area (Å²) < 4.78 is 0. The maximum Gasteiger partial charge on any atom is 0.00383 e. The van der Waals surface area contributed by atoms with Crippen LogP contribution in [0, 0.1) is 11.8 Å². The highest BCUT2D eigenvalue weighted by molar-refractivity contribution is 4.64. The van der Waals surface area contributed by atoms with Gasteiger partial charge in [-0.1, -0.05) is 20.8 Å². The second-order valence-electron chi connectivity index (χ2n) is 3.65. The Balaban J connectivity index is 3.46. The molecule has 2 atom stereocenters. The summed E-state index contributed by atoms with van der Waals surface area (Å²) in [7, 11) is 2.03. The Labute approximate surface area is 65.2 Å². The molecule has 1 heteroatoms. The smallest absolute Gasteiger partial charge is 0.00383 e. The molecule has 0 aromatic carbocycles. The first-order valence-electron chi connectivity index (χ1n) is 4.25. The third-order valence-corrected chi connectivity index (χ3v) is 2.36. The summed E-state index contributed by atoms with van der Waals surface area (Å²) in [5, 5.41) is 3.25. The van der Waals surface area contributed by atoms with Crippen LogP contribution in [0.3, 0.4) is 0 Å². The standard InChI is InChI=1S/C9H21N/c1-7(2)8(3)6-9(4)10-5/h7-10H,6H2,1-5H3/t8-,9-/m0/s1. The van der Waals surface area contributed by atoms with Crippen molar-refractivity contribution < 1.29 is 0 Å². The van der Waals surface area contributed by atoms with E-state index in [1.807, 2.05) is 7.05 Å². The Kier molecular flexibility index (Phi) is 4.71. The molecule has 0 aliphatic carbocycles. The zero-order valence-electron chi connectivity index (χ0n) is 7.94. The summed E-state index contributed by atoms with van der Waals surface area (Å²) in [6.07, 6.45) is 1.29. The molecule has 0 aromatic rings. The summed E-state index contributed by atoms with van der Waals surface area (Å²) >= 11 is 0. The van der Waals surface area contributed by atoms with Crippen molar-refractivity contribution in [2.45, 2.75) is 40.2 Å². The predicted molar refractivity (Wildman–Crippen MR) is 47.1 cm³/mol. The molecule has 1 nitrogen and oxygen atoms in total. The van der Waals surface area contributed by atoms with E-state index in [1.165, 1.54) is 6.42 Å². The highest BCUT2D eigenvalue weighted by Gasteiger charge is 2.09. The van der Waals surface area contributed by atoms with Gasteiger partial charge in [-0.25, -0.2) is 0 Å². The molecule has 0 rings (SSSR count). The molecule has 0 saturated carbocycles. The van der Waals surface area contributed by atoms with Crippen LogP contribution in [0.1, 0.15) is 34.1 Å². The van der Waals surface area contributed by atoms with Crippen molar-refractivity contribution in [2.24, 2.45) is 11.8 Å². The van der Waals surface area contributed by atoms with Gasteiger partial charge in [0.15, 0.2) is 0 Å². The average molecular weight is 143 g/mol. The third kappa shape index (κ3) is 3.89. The molecule has 0 unspecified atom stereocenters. The van der Waals surface area contributed by atoms with Gasteiger partial charge in [0.1, 0.15) is 0 Å². The van der Waals surface area contributed by atoms with Crippen LogP contribution in [0.5, 0.6) is 0 Å². The van der Waals surface area contributed by atoms with Crippen LogP contribution in [0.25, 0.3) is 0 Å². The fourth-order valence-electron chi connectivity index (χ4n) is 0.948. The van der Waals surface area contributed by atoms with Crippen LogP contribution in [0.4, 0.5) is 0 Å². The monoisotopic (exact) mass is 143 g/mol. The molecule has 0 radical (unpaired) electrons. The van der Waals surface area contributed by atoms with Crippen LogP contribution < -0.4 is 5.32 Å². The SMILES string of the molecule is CN[C@@H](C)C[C@H](C)C(C)C. The zero-order chi connectivity index (χ0) is 8.15. The third-order valence-electron chi connectivity index (χ3n) is 2.36. The van der Waals surface area contributed by atoms with Crippen molar-refractivity contribution in [3.63, 3.8) is 0 Å². The van der Waals surface area contributed by atoms with Gasteiger partial charge in [-0.2, -0.15) is 0 Å². The van der Waals surface area contributed by atoms with E-state index < -0.39 is 0 Å². The summed E-state index contributed by atoms with van der Waals surface area (Å²) in [6, 6.07) is 0.664. The molecule has 1 N–H and O–H groups in total. The van der Waals surface area contributed by atoms with Gasteiger partial charge in [-0.3, -0.25) is 0 Å². The molecule has 0 aliphatic heterocycles. The first-order valence-corrected chi connectivity index (χ1v) is 4.25. The van der Waals surface area contributed by atoms with E-state index in [1.54, 1.807) is 0 Å². The van der Waals surface area contributed by atoms with E-state index in [9.17, 15) is 0 Å². The molecular formula is C9H21N. The highest BCUT2D eigenvalue weighted by Crippen LogP contribution is 2.15. The molecule has 0 spiro atoms. The molecule has 62 valence electrons. The predicted octanol–water partition coefficient (Wildman–Crippen LogP) is 2.28. The van der Waals surface area contributed by atoms with Crippen LogP contribution >= 0.6 is 0 Å². The van der Waals surface area contributed by atoms with E-state index in [0.29, 0.717) is 6.04 Å². The van der Waals surface area contributed by atoms with E-state index >= 15 is 0 Å². The van der Waals surface area contributed by atoms with Crippen molar-refractivity contribution in [2.75, 3.05) is 7.05 Å². The van der Waals surface area contributed by atoms with Crippen molar-refractivity contribution >= 4 is 0 Å². The molecule has 0 saturated heterocycles. The van der Waals surface area contributed by atoms with Crippen LogP contribution in [-0.2, 0) is 0 Å². The summed E-state index contributed by atoms with van der Waals surface area (Å²) in [6.45, 7) is 9.12. The summed E-state index contributed by atoms with van der Waals surface area (Å²) in [5.41, 5.74) is 0. The number of hydrogen-bond donors (Lipinski definition) is 1. The fourth-order valence-corrected chi connectivity index (χ4v) is 0.948. The second kappa shape index (κ2) is 4.73. The van der Waals surface area contributed by atoms with E-state index in [-0.39, 0.29) is 0 Å². The Hall–Kier alpha value is -0.0400. The molecular weight excluding hydrogens is 122 g/mol. The van der Waals surface area contributed by atoms with Crippen molar-refractivity contribution in [1.82, 2.24) is 5.32 Å². The summed E-state index contributed by atoms with van der Waals surface area (Å²) in [5.74, 6) is 1.65. The Morgan fingerprint density at radius 3 is 1.90 bits per heavy atom. The number of nitrogens with one attached hydrogen (secondary N) is 1. The quantitative estimate of drug-likeness (QED) is 0.636. The first-order chi connectivity index (χ1) is 4.57. The molecule has 0 fully saturated rings. The Morgan fingerprint density at radius 2 is 1.60 bits per heavy atom. The number of hydrogen-bond acceptors (Lipinski definition) is 1. The molecule has 0 heterocycles. The van der Waals surface area contributed by atoms with Gasteiger partial charge in [0.2, 0.25) is 0 Å². The lowest BCUT2D eigenvalue weighted by molar-refractivity contribution is 0.350. The van der Waals surface area contributed by atoms with E-state index in [4.69, 9.17) is 0 Å². The van der Waals surface area contributed by atoms with Gasteiger partial charge in [0.05, 0.1) is 0 Å². The maximum absolute atomic E-state index is 3.25. The normalized spacial score (nSPS) is 17.4. The second-order valence-corrected chi connectivity index (χ2v) is 3.65. The van der Waals surface area contributed by atoms with Gasteiger partial charge in [0, 0.05) is 6.04 Å². The molecule has 0 aromatic heterocycles. The number of rotatable bonds is 4. The minimum atomic E-state index is 0.664. The van der Waals surface area contributed by atoms with Crippen LogP contribution in [0.2, 0.25) is 0 Å². The van der Waals surface area contributed by atoms with Gasteiger partial charge < -0.3 is 5.32 Å². The van der Waals surface area contributed by atoms with Crippen LogP contribution in [0.15, 0.2) is 0 Å². The van der Waals surface area contributed by atoms with Gasteiger partial charge in [-0.05, 0) is 32.2 Å². The van der Waals surface area contributed by atoms with E-state index in [0.717, 1.165) is 11.8 Å². The zero-order valence-corrected chi connectivity index (χ0v) is 7.94. The lowest BCUT2D eigenvalue weighted by Gasteiger charge is -2.19. The molecule has 0 bridgehead atoms. The van der Waals surface area contributed by atoms with Crippen LogP contribution in [-0.4, -0.2) is 13.1 Å². The van der Waals surface area contributed by atoms with Gasteiger partial charge >= 0.3 is 0 Å². The van der Waals surface area contributed by atoms with Gasteiger partial charge in [-0.15, -0.1) is 0 Å². The fraction of sp³-hybridized carbons (Fsp3) is 1.00. The molecule has 0 aliphatic rings. The Bertz CT molecular complexity index is 78.8. The minimum absolute atomic E-state index is 0.664. The lowest BCUT2D eigenvalue weighted by Crippen LogP contribution is -2.25. The van der Waals surface area contributed by atoms with Gasteiger partial charge in [0.25, 0.3) is 0 Å². The van der Waals surface area contributed by atoms with E-state index in [2.05, 4.69) is 33.0 Å².